The summed E-state index contributed by atoms with van der Waals surface area (Å²) in [6.45, 7) is -2.10. The molecule has 0 rings (SSSR count). The van der Waals surface area contributed by atoms with Gasteiger partial charge in [0.2, 0.25) is 0 Å². The number of nitrogens with two attached hydrogens (primary N) is 1. The second-order valence-corrected chi connectivity index (χ2v) is 0.690. The van der Waals surface area contributed by atoms with Gasteiger partial charge in [0.15, 0.2) is 0 Å². The van der Waals surface area contributed by atoms with Crippen molar-refractivity contribution in [2.45, 2.75) is 12.9 Å². The molecule has 0 fully saturated rings. The van der Waals surface area contributed by atoms with Gasteiger partial charge in [0, 0.05) is 2.74 Å². The first-order valence-corrected chi connectivity index (χ1v) is 1.19. The molecule has 0 aliphatic heterocycles. The van der Waals surface area contributed by atoms with Crippen LogP contribution in [0.1, 0.15) is 11.0 Å². The highest BCUT2D eigenvalue weighted by molar-refractivity contribution is 5.72. The highest BCUT2D eigenvalue weighted by atomic mass is 16.4. The van der Waals surface area contributed by atoms with Crippen LogP contribution >= 0.6 is 0 Å². The lowest BCUT2D eigenvalue weighted by atomic mass is 10.4. The number of aliphatic carboxylic acids is 1. The molecular formula is C3H7NO2. The van der Waals surface area contributed by atoms with Crippen LogP contribution in [0.15, 0.2) is 0 Å². The molecule has 0 amide bonds. The molecule has 0 aliphatic carbocycles. The van der Waals surface area contributed by atoms with Gasteiger partial charge in [0.25, 0.3) is 0 Å². The molecule has 0 aromatic carbocycles. The summed E-state index contributed by atoms with van der Waals surface area (Å²) in [6, 6.07) is -2.83. The van der Waals surface area contributed by atoms with Crippen LogP contribution < -0.4 is 5.72 Å². The van der Waals surface area contributed by atoms with Crippen molar-refractivity contribution in [2.75, 3.05) is 0 Å². The average molecular weight is 94.1 g/mol. The summed E-state index contributed by atoms with van der Waals surface area (Å²) in [5.41, 5.74) is -0.472. The quantitative estimate of drug-likeness (QED) is 0.481. The van der Waals surface area contributed by atoms with Crippen LogP contribution in [-0.4, -0.2) is 17.1 Å². The number of hydrogen-bond acceptors (Lipinski definition) is 2. The van der Waals surface area contributed by atoms with Crippen molar-refractivity contribution in [1.29, 1.82) is 0 Å². The summed E-state index contributed by atoms with van der Waals surface area (Å²) in [6.07, 6.45) is 0. The van der Waals surface area contributed by atoms with E-state index in [9.17, 15) is 4.79 Å². The number of rotatable bonds is 2. The van der Waals surface area contributed by atoms with Gasteiger partial charge in [-0.25, -0.2) is 0 Å². The summed E-state index contributed by atoms with van der Waals surface area (Å²) in [7, 11) is 0. The summed E-state index contributed by atoms with van der Waals surface area (Å²) in [5, 5.41) is 8.26. The van der Waals surface area contributed by atoms with E-state index in [1.807, 2.05) is 0 Å². The van der Waals surface area contributed by atoms with Gasteiger partial charge in [-0.05, 0) is 6.88 Å². The predicted molar refractivity (Wildman–Crippen MR) is 21.3 cm³/mol. The van der Waals surface area contributed by atoms with Crippen molar-refractivity contribution in [1.82, 2.24) is 0 Å². The number of carboxylic acids is 1. The number of carbonyl (C=O) groups is 1. The Hall–Kier alpha value is -0.570. The van der Waals surface area contributed by atoms with Crippen LogP contribution in [0.25, 0.3) is 0 Å². The smallest absolute Gasteiger partial charge is 0.320 e. The van der Waals surface area contributed by atoms with E-state index in [4.69, 9.17) is 12.0 Å². The van der Waals surface area contributed by atoms with Crippen LogP contribution in [0, 0.1) is 0 Å². The third kappa shape index (κ3) is 1.72. The van der Waals surface area contributed by atoms with Crippen LogP contribution in [-0.2, 0) is 4.79 Å². The molecule has 36 valence electrons. The van der Waals surface area contributed by atoms with Crippen molar-refractivity contribution in [3.05, 3.63) is 0 Å². The maximum atomic E-state index is 10.2. The zero-order valence-corrected chi connectivity index (χ0v) is 2.88. The summed E-state index contributed by atoms with van der Waals surface area (Å²) >= 11 is 0. The molecule has 1 atom stereocenters. The zero-order valence-electron chi connectivity index (χ0n) is 7.88. The second kappa shape index (κ2) is 1.77. The third-order valence-corrected chi connectivity index (χ3v) is 0.219. The molecule has 3 nitrogen and oxygen atoms in total. The maximum absolute atomic E-state index is 10.2. The molecule has 6 heavy (non-hydrogen) atoms. The Kier molecular flexibility index (Phi) is 0.353. The Labute approximate surface area is 42.9 Å². The average Bonchev–Trinajstić information content (AvgIpc) is 1.84. The van der Waals surface area contributed by atoms with E-state index in [1.54, 1.807) is 0 Å². The summed E-state index contributed by atoms with van der Waals surface area (Å²) < 4.78 is 33.0. The first kappa shape index (κ1) is 1.20. The molecule has 0 aromatic rings. The summed E-state index contributed by atoms with van der Waals surface area (Å²) in [5.74, 6) is -1.85. The minimum Gasteiger partial charge on any atom is -0.480 e. The van der Waals surface area contributed by atoms with E-state index >= 15 is 0 Å². The fourth-order valence-electron chi connectivity index (χ4n) is 0. The van der Waals surface area contributed by atoms with Gasteiger partial charge >= 0.3 is 5.97 Å². The standard InChI is InChI=1S/C3H7NO2/c1-2(4)3(5)6/h2H,4H2,1H3,(H,5,6)/t2-/m0/s1/i1D2,2D/hD2. The Balaban J connectivity index is 4.67. The largest absolute Gasteiger partial charge is 0.480 e. The van der Waals surface area contributed by atoms with Crippen LogP contribution in [0.3, 0.4) is 0 Å². The predicted octanol–water partition coefficient (Wildman–Crippen LogP) is -0.582. The third-order valence-electron chi connectivity index (χ3n) is 0.219. The Morgan fingerprint density at radius 3 is 3.33 bits per heavy atom. The molecule has 0 unspecified atom stereocenters. The first-order chi connectivity index (χ1) is 4.83. The lowest BCUT2D eigenvalue weighted by Gasteiger charge is -1.90. The minimum atomic E-state index is -2.83. The second-order valence-electron chi connectivity index (χ2n) is 0.690. The first-order valence-electron chi connectivity index (χ1n) is 3.74. The van der Waals surface area contributed by atoms with Crippen molar-refractivity contribution in [2.24, 2.45) is 5.72 Å². The van der Waals surface area contributed by atoms with Crippen molar-refractivity contribution in [3.8, 4) is 0 Å². The van der Waals surface area contributed by atoms with Crippen LogP contribution in [0.4, 0.5) is 0 Å². The lowest BCUT2D eigenvalue weighted by Crippen LogP contribution is -2.25. The molecule has 0 spiro atoms. The molecule has 0 radical (unpaired) electrons. The molecule has 0 aromatic heterocycles. The Morgan fingerprint density at radius 1 is 2.67 bits per heavy atom. The van der Waals surface area contributed by atoms with E-state index in [-0.39, 0.29) is 0 Å². The van der Waals surface area contributed by atoms with Crippen molar-refractivity contribution >= 4 is 5.97 Å². The molecule has 0 aliphatic rings. The Bertz CT molecular complexity index is 152. The van der Waals surface area contributed by atoms with Gasteiger partial charge in [-0.3, -0.25) is 4.79 Å². The molecule has 0 saturated heterocycles. The van der Waals surface area contributed by atoms with Crippen molar-refractivity contribution in [3.63, 3.8) is 0 Å². The van der Waals surface area contributed by atoms with Gasteiger partial charge in [0.05, 0.1) is 1.37 Å². The molecular weight excluding hydrogens is 82.0 g/mol. The molecule has 0 bridgehead atoms. The molecule has 0 saturated carbocycles. The highest BCUT2D eigenvalue weighted by Gasteiger charge is 1.99. The van der Waals surface area contributed by atoms with Gasteiger partial charge in [-0.1, -0.05) is 0 Å². The van der Waals surface area contributed by atoms with Gasteiger partial charge in [-0.15, -0.1) is 0 Å². The summed E-state index contributed by atoms with van der Waals surface area (Å²) in [4.78, 5) is 10.2. The SMILES string of the molecule is [2H]C([2H])[C@@]([2H])(C(=O)O)N([2H])[2H]. The van der Waals surface area contributed by atoms with E-state index in [1.165, 1.54) is 0 Å². The molecule has 3 heteroatoms. The highest BCUT2D eigenvalue weighted by Crippen LogP contribution is 1.68. The monoisotopic (exact) mass is 94.1 g/mol. The topological polar surface area (TPSA) is 63.3 Å². The Morgan fingerprint density at radius 2 is 3.33 bits per heavy atom. The maximum Gasteiger partial charge on any atom is 0.320 e. The van der Waals surface area contributed by atoms with E-state index < -0.39 is 24.6 Å². The van der Waals surface area contributed by atoms with E-state index in [2.05, 4.69) is 0 Å². The molecule has 0 heterocycles. The van der Waals surface area contributed by atoms with Crippen LogP contribution in [0.2, 0.25) is 2.82 Å². The van der Waals surface area contributed by atoms with Crippen molar-refractivity contribution < 1.29 is 16.8 Å². The number of hydrogen-bond donors (Lipinski definition) is 2. The van der Waals surface area contributed by atoms with E-state index in [0.29, 0.717) is 0 Å². The van der Waals surface area contributed by atoms with Gasteiger partial charge < -0.3 is 10.8 Å². The fraction of sp³-hybridized carbons (Fsp3) is 0.667. The van der Waals surface area contributed by atoms with Gasteiger partial charge in [0.1, 0.15) is 8.84 Å². The van der Waals surface area contributed by atoms with Crippen LogP contribution in [0.5, 0.6) is 0 Å². The molecule has 3 N–H and O–H groups in total. The minimum absolute atomic E-state index is 0.472. The normalized spacial score (nSPS) is 32.0. The van der Waals surface area contributed by atoms with E-state index in [0.717, 1.165) is 0 Å². The lowest BCUT2D eigenvalue weighted by molar-refractivity contribution is -0.138. The zero-order chi connectivity index (χ0) is 9.23. The number of carboxylic acid groups (broad SMARTS) is 1. The fourth-order valence-corrected chi connectivity index (χ4v) is 0. The van der Waals surface area contributed by atoms with Gasteiger partial charge in [-0.2, -0.15) is 0 Å².